The van der Waals surface area contributed by atoms with E-state index in [1.807, 2.05) is 12.2 Å². The number of unbranched alkanes of at least 4 members (excludes halogenated alkanes) is 11. The van der Waals surface area contributed by atoms with Gasteiger partial charge in [-0.2, -0.15) is 0 Å². The maximum absolute atomic E-state index is 12.8. The smallest absolute Gasteiger partial charge is 0.304 e. The molecule has 2 aromatic rings. The number of anilines is 2. The van der Waals surface area contributed by atoms with Crippen molar-refractivity contribution in [1.82, 2.24) is 0 Å². The van der Waals surface area contributed by atoms with E-state index in [-0.39, 0.29) is 23.6 Å². The number of carbonyl (C=O) groups is 3. The van der Waals surface area contributed by atoms with E-state index in [9.17, 15) is 24.6 Å². The number of furan rings is 1. The van der Waals surface area contributed by atoms with Gasteiger partial charge >= 0.3 is 5.97 Å². The summed E-state index contributed by atoms with van der Waals surface area (Å²) in [5.74, 6) is -2.89. The number of carboxylic acid groups (broad SMARTS) is 1. The van der Waals surface area contributed by atoms with Crippen molar-refractivity contribution in [1.29, 1.82) is 0 Å². The second kappa shape index (κ2) is 18.7. The van der Waals surface area contributed by atoms with Gasteiger partial charge in [0.25, 0.3) is 5.91 Å². The number of nitrogens with one attached hydrogen (secondary N) is 2. The van der Waals surface area contributed by atoms with Crippen LogP contribution < -0.4 is 10.6 Å². The molecular formula is C31H44N2O6. The molecular weight excluding hydrogens is 496 g/mol. The summed E-state index contributed by atoms with van der Waals surface area (Å²) in [6.07, 6.45) is 20.4. The maximum atomic E-state index is 12.8. The van der Waals surface area contributed by atoms with Crippen LogP contribution in [0.15, 0.2) is 53.2 Å². The molecule has 1 heterocycles. The van der Waals surface area contributed by atoms with Crippen LogP contribution in [0.25, 0.3) is 0 Å². The molecule has 0 bridgehead atoms. The van der Waals surface area contributed by atoms with Crippen molar-refractivity contribution in [3.63, 3.8) is 0 Å². The fraction of sp³-hybridized carbons (Fsp3) is 0.516. The molecule has 0 saturated carbocycles. The summed E-state index contributed by atoms with van der Waals surface area (Å²) in [6, 6.07) is 7.35. The van der Waals surface area contributed by atoms with E-state index in [0.717, 1.165) is 12.8 Å². The van der Waals surface area contributed by atoms with Crippen LogP contribution in [0, 0.1) is 5.92 Å². The number of amides is 2. The average molecular weight is 541 g/mol. The zero-order valence-electron chi connectivity index (χ0n) is 23.1. The van der Waals surface area contributed by atoms with Crippen molar-refractivity contribution in [3.05, 3.63) is 54.5 Å². The predicted molar refractivity (Wildman–Crippen MR) is 154 cm³/mol. The standard InChI is InChI=1S/C31H44N2O6/c1-2-3-4-5-6-7-8-9-10-11-12-13-14-15-17-24(22-29(35)36)30(37)32-25-19-20-26(27(34)23-25)33-31(38)28-18-16-21-39-28/h14-16,18-21,23-24,34H,2-13,17,22H2,1H3,(H,32,37)(H,33,38)(H,35,36)/b15-14-. The van der Waals surface area contributed by atoms with Gasteiger partial charge in [0.05, 0.1) is 24.3 Å². The molecule has 4 N–H and O–H groups in total. The molecule has 39 heavy (non-hydrogen) atoms. The first-order chi connectivity index (χ1) is 18.9. The number of benzene rings is 1. The summed E-state index contributed by atoms with van der Waals surface area (Å²) in [5.41, 5.74) is 0.454. The Morgan fingerprint density at radius 2 is 1.56 bits per heavy atom. The number of carbonyl (C=O) groups excluding carboxylic acids is 2. The summed E-state index contributed by atoms with van der Waals surface area (Å²) < 4.78 is 5.03. The van der Waals surface area contributed by atoms with Crippen molar-refractivity contribution in [2.75, 3.05) is 10.6 Å². The topological polar surface area (TPSA) is 129 Å². The summed E-state index contributed by atoms with van der Waals surface area (Å²) in [5, 5.41) is 24.7. The van der Waals surface area contributed by atoms with E-state index in [1.165, 1.54) is 94.7 Å². The van der Waals surface area contributed by atoms with E-state index >= 15 is 0 Å². The Labute approximate surface area is 231 Å². The Bertz CT molecular complexity index is 1030. The lowest BCUT2D eigenvalue weighted by atomic mass is 9.99. The number of hydrogen-bond acceptors (Lipinski definition) is 5. The number of carboxylic acids is 1. The van der Waals surface area contributed by atoms with Gasteiger partial charge in [0.2, 0.25) is 5.91 Å². The Balaban J connectivity index is 1.71. The molecule has 0 radical (unpaired) electrons. The van der Waals surface area contributed by atoms with Crippen molar-refractivity contribution < 1.29 is 29.0 Å². The molecule has 8 nitrogen and oxygen atoms in total. The van der Waals surface area contributed by atoms with Crippen LogP contribution >= 0.6 is 0 Å². The van der Waals surface area contributed by atoms with E-state index in [0.29, 0.717) is 12.1 Å². The minimum absolute atomic E-state index is 0.0971. The van der Waals surface area contributed by atoms with Crippen molar-refractivity contribution in [2.45, 2.75) is 96.8 Å². The highest BCUT2D eigenvalue weighted by atomic mass is 16.4. The van der Waals surface area contributed by atoms with Gasteiger partial charge in [0.1, 0.15) is 5.75 Å². The monoisotopic (exact) mass is 540 g/mol. The highest BCUT2D eigenvalue weighted by Gasteiger charge is 2.21. The molecule has 1 aromatic heterocycles. The lowest BCUT2D eigenvalue weighted by Gasteiger charge is -2.14. The molecule has 0 aliphatic heterocycles. The van der Waals surface area contributed by atoms with Crippen LogP contribution in [-0.2, 0) is 9.59 Å². The SMILES string of the molecule is CCCCCCCCCCCCC/C=C\CC(CC(=O)O)C(=O)Nc1ccc(NC(=O)c2ccco2)c(O)c1. The zero-order chi connectivity index (χ0) is 28.3. The molecule has 0 spiro atoms. The summed E-state index contributed by atoms with van der Waals surface area (Å²) in [6.45, 7) is 2.24. The van der Waals surface area contributed by atoms with Gasteiger partial charge in [-0.1, -0.05) is 83.3 Å². The lowest BCUT2D eigenvalue weighted by molar-refractivity contribution is -0.140. The van der Waals surface area contributed by atoms with Gasteiger partial charge in [-0.05, 0) is 43.5 Å². The molecule has 2 amide bonds. The molecule has 1 atom stereocenters. The minimum atomic E-state index is -1.05. The first-order valence-corrected chi connectivity index (χ1v) is 14.3. The lowest BCUT2D eigenvalue weighted by Crippen LogP contribution is -2.24. The molecule has 1 aromatic carbocycles. The van der Waals surface area contributed by atoms with Crippen molar-refractivity contribution >= 4 is 29.2 Å². The molecule has 0 fully saturated rings. The van der Waals surface area contributed by atoms with Crippen LogP contribution in [0.1, 0.15) is 107 Å². The molecule has 0 aliphatic rings. The van der Waals surface area contributed by atoms with Gasteiger partial charge in [-0.3, -0.25) is 14.4 Å². The Morgan fingerprint density at radius 1 is 0.897 bits per heavy atom. The number of aromatic hydroxyl groups is 1. The predicted octanol–water partition coefficient (Wildman–Crippen LogP) is 7.91. The number of phenols is 1. The first-order valence-electron chi connectivity index (χ1n) is 14.3. The summed E-state index contributed by atoms with van der Waals surface area (Å²) in [4.78, 5) is 36.2. The van der Waals surface area contributed by atoms with Crippen molar-refractivity contribution in [3.8, 4) is 5.75 Å². The highest BCUT2D eigenvalue weighted by molar-refractivity contribution is 6.03. The van der Waals surface area contributed by atoms with E-state index < -0.39 is 23.7 Å². The third kappa shape index (κ3) is 13.2. The fourth-order valence-electron chi connectivity index (χ4n) is 4.35. The highest BCUT2D eigenvalue weighted by Crippen LogP contribution is 2.28. The Kier molecular flexibility index (Phi) is 15.2. The molecule has 0 aliphatic carbocycles. The number of phenolic OH excluding ortho intramolecular Hbond substituents is 1. The zero-order valence-corrected chi connectivity index (χ0v) is 23.1. The van der Waals surface area contributed by atoms with Crippen molar-refractivity contribution in [2.24, 2.45) is 5.92 Å². The normalized spacial score (nSPS) is 11.9. The van der Waals surface area contributed by atoms with Gasteiger partial charge in [-0.25, -0.2) is 0 Å². The second-order valence-electron chi connectivity index (χ2n) is 9.98. The third-order valence-electron chi connectivity index (χ3n) is 6.61. The van der Waals surface area contributed by atoms with E-state index in [2.05, 4.69) is 17.6 Å². The third-order valence-corrected chi connectivity index (χ3v) is 6.61. The van der Waals surface area contributed by atoms with E-state index in [1.54, 1.807) is 6.07 Å². The average Bonchev–Trinajstić information content (AvgIpc) is 3.45. The minimum Gasteiger partial charge on any atom is -0.506 e. The number of rotatable bonds is 20. The number of aliphatic carboxylic acids is 1. The van der Waals surface area contributed by atoms with Crippen LogP contribution in [0.5, 0.6) is 5.75 Å². The van der Waals surface area contributed by atoms with Crippen LogP contribution in [0.2, 0.25) is 0 Å². The summed E-state index contributed by atoms with van der Waals surface area (Å²) in [7, 11) is 0. The van der Waals surface area contributed by atoms with Crippen LogP contribution in [0.3, 0.4) is 0 Å². The summed E-state index contributed by atoms with van der Waals surface area (Å²) >= 11 is 0. The maximum Gasteiger partial charge on any atom is 0.304 e. The Hall–Kier alpha value is -3.55. The van der Waals surface area contributed by atoms with Gasteiger partial charge in [0, 0.05) is 11.8 Å². The first kappa shape index (κ1) is 31.7. The Morgan fingerprint density at radius 3 is 2.15 bits per heavy atom. The molecule has 0 saturated heterocycles. The molecule has 1 unspecified atom stereocenters. The second-order valence-corrected chi connectivity index (χ2v) is 9.98. The number of hydrogen-bond donors (Lipinski definition) is 4. The van der Waals surface area contributed by atoms with Crippen LogP contribution in [-0.4, -0.2) is 28.0 Å². The van der Waals surface area contributed by atoms with Gasteiger partial charge < -0.3 is 25.3 Å². The number of allylic oxidation sites excluding steroid dienone is 2. The molecule has 2 rings (SSSR count). The molecule has 8 heteroatoms. The largest absolute Gasteiger partial charge is 0.506 e. The van der Waals surface area contributed by atoms with E-state index in [4.69, 9.17) is 4.42 Å². The van der Waals surface area contributed by atoms with Crippen LogP contribution in [0.4, 0.5) is 11.4 Å². The van der Waals surface area contributed by atoms with Gasteiger partial charge in [-0.15, -0.1) is 0 Å². The fourth-order valence-corrected chi connectivity index (χ4v) is 4.35. The van der Waals surface area contributed by atoms with Gasteiger partial charge in [0.15, 0.2) is 5.76 Å². The quantitative estimate of drug-likeness (QED) is 0.0767. The molecule has 214 valence electrons.